The number of sulfonamides is 1. The Balaban J connectivity index is 2.37. The molecule has 1 aliphatic rings. The Hall–Kier alpha value is -0.250. The summed E-state index contributed by atoms with van der Waals surface area (Å²) in [4.78, 5) is 0.0648. The van der Waals surface area contributed by atoms with Crippen LogP contribution in [0.1, 0.15) is 32.1 Å². The van der Waals surface area contributed by atoms with E-state index < -0.39 is 10.0 Å². The van der Waals surface area contributed by atoms with Gasteiger partial charge in [0.2, 0.25) is 10.0 Å². The van der Waals surface area contributed by atoms with Gasteiger partial charge in [-0.05, 0) is 18.9 Å². The lowest BCUT2D eigenvalue weighted by atomic mass is 9.95. The third kappa shape index (κ3) is 3.32. The number of hydrogen-bond donors (Lipinski definition) is 0. The van der Waals surface area contributed by atoms with Crippen molar-refractivity contribution in [2.75, 3.05) is 6.54 Å². The Kier molecular flexibility index (Phi) is 5.38. The summed E-state index contributed by atoms with van der Waals surface area (Å²) in [5.41, 5.74) is 0. The molecule has 110 valence electrons. The van der Waals surface area contributed by atoms with Crippen molar-refractivity contribution in [2.24, 2.45) is 0 Å². The van der Waals surface area contributed by atoms with Gasteiger partial charge in [0.05, 0.1) is 10.9 Å². The molecule has 0 N–H and O–H groups in total. The van der Waals surface area contributed by atoms with Crippen LogP contribution in [0.15, 0.2) is 11.0 Å². The van der Waals surface area contributed by atoms with Crippen LogP contribution in [0.3, 0.4) is 0 Å². The van der Waals surface area contributed by atoms with E-state index in [9.17, 15) is 8.42 Å². The first-order valence-electron chi connectivity index (χ1n) is 6.37. The summed E-state index contributed by atoms with van der Waals surface area (Å²) >= 11 is 12.9. The van der Waals surface area contributed by atoms with Gasteiger partial charge in [-0.2, -0.15) is 4.31 Å². The molecule has 0 radical (unpaired) electrons. The fourth-order valence-corrected chi connectivity index (χ4v) is 6.21. The first-order chi connectivity index (χ1) is 9.46. The second-order valence-electron chi connectivity index (χ2n) is 4.73. The van der Waals surface area contributed by atoms with Crippen LogP contribution in [-0.4, -0.2) is 25.3 Å². The van der Waals surface area contributed by atoms with Crippen molar-refractivity contribution in [1.29, 1.82) is 0 Å². The van der Waals surface area contributed by atoms with E-state index in [-0.39, 0.29) is 21.8 Å². The number of terminal acetylenes is 1. The van der Waals surface area contributed by atoms with E-state index in [1.165, 1.54) is 10.4 Å². The summed E-state index contributed by atoms with van der Waals surface area (Å²) < 4.78 is 27.4. The maximum atomic E-state index is 12.7. The van der Waals surface area contributed by atoms with Gasteiger partial charge in [0.25, 0.3) is 0 Å². The molecule has 0 bridgehead atoms. The van der Waals surface area contributed by atoms with Gasteiger partial charge in [0, 0.05) is 6.04 Å². The maximum absolute atomic E-state index is 12.7. The Morgan fingerprint density at radius 1 is 1.35 bits per heavy atom. The number of halogens is 2. The number of hydrogen-bond acceptors (Lipinski definition) is 3. The van der Waals surface area contributed by atoms with Crippen LogP contribution < -0.4 is 0 Å². The summed E-state index contributed by atoms with van der Waals surface area (Å²) in [5.74, 6) is 2.44. The maximum Gasteiger partial charge on any atom is 0.246 e. The first kappa shape index (κ1) is 16.1. The van der Waals surface area contributed by atoms with Crippen LogP contribution in [0.2, 0.25) is 8.67 Å². The number of thiophene rings is 1. The average molecular weight is 352 g/mol. The molecule has 0 aromatic carbocycles. The van der Waals surface area contributed by atoms with Gasteiger partial charge in [0.15, 0.2) is 0 Å². The van der Waals surface area contributed by atoms with Gasteiger partial charge in [0.1, 0.15) is 9.23 Å². The van der Waals surface area contributed by atoms with Crippen molar-refractivity contribution in [1.82, 2.24) is 4.31 Å². The predicted molar refractivity (Wildman–Crippen MR) is 83.9 cm³/mol. The molecular formula is C13H15Cl2NO2S2. The Morgan fingerprint density at radius 2 is 2.00 bits per heavy atom. The van der Waals surface area contributed by atoms with Gasteiger partial charge >= 0.3 is 0 Å². The Bertz CT molecular complexity index is 613. The van der Waals surface area contributed by atoms with Gasteiger partial charge in [-0.15, -0.1) is 17.8 Å². The lowest BCUT2D eigenvalue weighted by molar-refractivity contribution is 0.271. The minimum absolute atomic E-state index is 0.0421. The summed E-state index contributed by atoms with van der Waals surface area (Å²) in [7, 11) is -3.69. The van der Waals surface area contributed by atoms with Crippen molar-refractivity contribution in [3.63, 3.8) is 0 Å². The van der Waals surface area contributed by atoms with Gasteiger partial charge < -0.3 is 0 Å². The highest BCUT2D eigenvalue weighted by Crippen LogP contribution is 2.37. The molecule has 0 saturated heterocycles. The first-order valence-corrected chi connectivity index (χ1v) is 9.38. The molecule has 0 unspecified atom stereocenters. The lowest BCUT2D eigenvalue weighted by Crippen LogP contribution is -2.41. The zero-order valence-electron chi connectivity index (χ0n) is 10.8. The zero-order chi connectivity index (χ0) is 14.8. The van der Waals surface area contributed by atoms with Crippen molar-refractivity contribution in [2.45, 2.75) is 43.0 Å². The van der Waals surface area contributed by atoms with Crippen LogP contribution in [0.5, 0.6) is 0 Å². The Labute approximate surface area is 133 Å². The number of rotatable bonds is 4. The van der Waals surface area contributed by atoms with Crippen molar-refractivity contribution >= 4 is 44.6 Å². The van der Waals surface area contributed by atoms with Gasteiger partial charge in [-0.25, -0.2) is 8.42 Å². The second kappa shape index (κ2) is 6.67. The molecule has 20 heavy (non-hydrogen) atoms. The highest BCUT2D eigenvalue weighted by Gasteiger charge is 2.34. The molecule has 7 heteroatoms. The minimum Gasteiger partial charge on any atom is -0.207 e. The van der Waals surface area contributed by atoms with E-state index in [2.05, 4.69) is 5.92 Å². The van der Waals surface area contributed by atoms with E-state index in [1.807, 2.05) is 0 Å². The fourth-order valence-electron chi connectivity index (χ4n) is 2.50. The van der Waals surface area contributed by atoms with Crippen LogP contribution in [0.25, 0.3) is 0 Å². The van der Waals surface area contributed by atoms with Crippen molar-refractivity contribution < 1.29 is 8.42 Å². The Morgan fingerprint density at radius 3 is 2.50 bits per heavy atom. The monoisotopic (exact) mass is 351 g/mol. The zero-order valence-corrected chi connectivity index (χ0v) is 14.0. The average Bonchev–Trinajstić information content (AvgIpc) is 2.76. The van der Waals surface area contributed by atoms with Gasteiger partial charge in [-0.1, -0.05) is 48.4 Å². The fraction of sp³-hybridized carbons (Fsp3) is 0.538. The molecule has 2 rings (SSSR count). The molecule has 0 aliphatic heterocycles. The molecule has 1 aromatic rings. The molecule has 1 fully saturated rings. The molecule has 1 aromatic heterocycles. The standard InChI is InChI=1S/C13H15Cl2NO2S2/c1-2-8-16(10-6-4-3-5-7-10)20(17,18)11-9-12(14)19-13(11)15/h1,9-10H,3-8H2. The molecule has 1 heterocycles. The SMILES string of the molecule is C#CCN(C1CCCCC1)S(=O)(=O)c1cc(Cl)sc1Cl. The largest absolute Gasteiger partial charge is 0.246 e. The summed E-state index contributed by atoms with van der Waals surface area (Å²) in [5, 5.41) is 0. The van der Waals surface area contributed by atoms with E-state index in [0.29, 0.717) is 4.34 Å². The molecule has 0 spiro atoms. The molecule has 1 saturated carbocycles. The highest BCUT2D eigenvalue weighted by atomic mass is 35.5. The predicted octanol–water partition coefficient (Wildman–Crippen LogP) is 4.01. The second-order valence-corrected chi connectivity index (χ2v) is 8.88. The third-order valence-electron chi connectivity index (χ3n) is 3.44. The van der Waals surface area contributed by atoms with E-state index >= 15 is 0 Å². The molecular weight excluding hydrogens is 337 g/mol. The van der Waals surface area contributed by atoms with E-state index in [4.69, 9.17) is 29.6 Å². The molecule has 1 aliphatic carbocycles. The normalized spacial score (nSPS) is 17.3. The minimum atomic E-state index is -3.69. The molecule has 3 nitrogen and oxygen atoms in total. The van der Waals surface area contributed by atoms with Gasteiger partial charge in [-0.3, -0.25) is 0 Å². The van der Waals surface area contributed by atoms with E-state index in [1.54, 1.807) is 0 Å². The van der Waals surface area contributed by atoms with Crippen LogP contribution in [0, 0.1) is 12.3 Å². The third-order valence-corrected chi connectivity index (χ3v) is 7.09. The van der Waals surface area contributed by atoms with Crippen molar-refractivity contribution in [3.05, 3.63) is 14.7 Å². The number of nitrogens with zero attached hydrogens (tertiary/aromatic N) is 1. The topological polar surface area (TPSA) is 37.4 Å². The van der Waals surface area contributed by atoms with Crippen LogP contribution in [0.4, 0.5) is 0 Å². The molecule has 0 amide bonds. The van der Waals surface area contributed by atoms with Crippen LogP contribution in [-0.2, 0) is 10.0 Å². The smallest absolute Gasteiger partial charge is 0.207 e. The van der Waals surface area contributed by atoms with Crippen molar-refractivity contribution in [3.8, 4) is 12.3 Å². The summed E-state index contributed by atoms with van der Waals surface area (Å²) in [6.07, 6.45) is 10.2. The lowest BCUT2D eigenvalue weighted by Gasteiger charge is -2.31. The highest BCUT2D eigenvalue weighted by molar-refractivity contribution is 7.89. The molecule has 0 atom stereocenters. The summed E-state index contributed by atoms with van der Waals surface area (Å²) in [6.45, 7) is 0.0663. The van der Waals surface area contributed by atoms with E-state index in [0.717, 1.165) is 43.4 Å². The van der Waals surface area contributed by atoms with Crippen LogP contribution >= 0.6 is 34.5 Å². The summed E-state index contributed by atoms with van der Waals surface area (Å²) in [6, 6.07) is 1.36. The quantitative estimate of drug-likeness (QED) is 0.768.